The molecule has 4 nitrogen and oxygen atoms in total. The molecule has 2 aromatic rings. The number of halogens is 1. The number of aromatic nitrogens is 1. The monoisotopic (exact) mass is 366 g/mol. The van der Waals surface area contributed by atoms with Crippen molar-refractivity contribution in [2.75, 3.05) is 0 Å². The molecule has 0 aliphatic heterocycles. The third-order valence-corrected chi connectivity index (χ3v) is 4.98. The summed E-state index contributed by atoms with van der Waals surface area (Å²) in [5.74, 6) is 0.926. The standard InChI is InChI=1S/C18H23ClN2O2S/c1-4-13(3)21(18(22)5-2)10-15-12-24-17(20-15)11-23-16-8-6-14(19)7-9-16/h6-9,12-13H,4-5,10-11H2,1-3H3/t13-/m0/s1. The zero-order valence-corrected chi connectivity index (χ0v) is 15.9. The number of thiazole rings is 1. The Kier molecular flexibility index (Phi) is 7.06. The van der Waals surface area contributed by atoms with Gasteiger partial charge in [0.1, 0.15) is 17.4 Å². The Morgan fingerprint density at radius 1 is 1.33 bits per heavy atom. The third kappa shape index (κ3) is 5.21. The second-order valence-corrected chi connectivity index (χ2v) is 6.99. The zero-order valence-electron chi connectivity index (χ0n) is 14.3. The number of hydrogen-bond acceptors (Lipinski definition) is 4. The van der Waals surface area contributed by atoms with Crippen molar-refractivity contribution in [1.29, 1.82) is 0 Å². The molecule has 0 spiro atoms. The average molecular weight is 367 g/mol. The molecule has 6 heteroatoms. The number of nitrogens with zero attached hydrogens (tertiary/aromatic N) is 2. The van der Waals surface area contributed by atoms with Gasteiger partial charge in [-0.3, -0.25) is 4.79 Å². The van der Waals surface area contributed by atoms with E-state index in [1.54, 1.807) is 23.5 Å². The molecule has 2 rings (SSSR count). The molecule has 0 fully saturated rings. The van der Waals surface area contributed by atoms with E-state index in [1.807, 2.05) is 29.3 Å². The normalized spacial score (nSPS) is 12.0. The number of rotatable bonds is 8. The second kappa shape index (κ2) is 9.04. The van der Waals surface area contributed by atoms with Crippen molar-refractivity contribution in [2.45, 2.75) is 52.8 Å². The predicted octanol–water partition coefficient (Wildman–Crippen LogP) is 4.91. The molecule has 1 amide bonds. The van der Waals surface area contributed by atoms with Crippen LogP contribution >= 0.6 is 22.9 Å². The Labute approximate surface area is 152 Å². The molecule has 0 N–H and O–H groups in total. The summed E-state index contributed by atoms with van der Waals surface area (Å²) in [6, 6.07) is 7.48. The summed E-state index contributed by atoms with van der Waals surface area (Å²) >= 11 is 7.41. The summed E-state index contributed by atoms with van der Waals surface area (Å²) < 4.78 is 5.71. The summed E-state index contributed by atoms with van der Waals surface area (Å²) in [7, 11) is 0. The van der Waals surface area contributed by atoms with Crippen LogP contribution in [0.2, 0.25) is 5.02 Å². The molecule has 1 aromatic heterocycles. The highest BCUT2D eigenvalue weighted by Crippen LogP contribution is 2.19. The van der Waals surface area contributed by atoms with E-state index < -0.39 is 0 Å². The van der Waals surface area contributed by atoms with Crippen LogP contribution in [0.25, 0.3) is 0 Å². The first kappa shape index (κ1) is 18.7. The minimum Gasteiger partial charge on any atom is -0.486 e. The first-order valence-corrected chi connectivity index (χ1v) is 9.40. The molecular formula is C18H23ClN2O2S. The lowest BCUT2D eigenvalue weighted by Gasteiger charge is -2.27. The van der Waals surface area contributed by atoms with E-state index in [4.69, 9.17) is 16.3 Å². The highest BCUT2D eigenvalue weighted by Gasteiger charge is 2.18. The molecule has 0 saturated carbocycles. The van der Waals surface area contributed by atoms with Crippen LogP contribution in [0.3, 0.4) is 0 Å². The van der Waals surface area contributed by atoms with E-state index in [0.29, 0.717) is 24.6 Å². The lowest BCUT2D eigenvalue weighted by atomic mass is 10.2. The van der Waals surface area contributed by atoms with E-state index in [1.165, 1.54) is 0 Å². The number of ether oxygens (including phenoxy) is 1. The molecule has 1 atom stereocenters. The van der Waals surface area contributed by atoms with Crippen molar-refractivity contribution < 1.29 is 9.53 Å². The van der Waals surface area contributed by atoms with Crippen LogP contribution in [0.5, 0.6) is 5.75 Å². The Morgan fingerprint density at radius 3 is 2.67 bits per heavy atom. The number of hydrogen-bond donors (Lipinski definition) is 0. The van der Waals surface area contributed by atoms with Gasteiger partial charge in [-0.05, 0) is 37.6 Å². The van der Waals surface area contributed by atoms with Crippen molar-refractivity contribution in [1.82, 2.24) is 9.88 Å². The van der Waals surface area contributed by atoms with Gasteiger partial charge < -0.3 is 9.64 Å². The van der Waals surface area contributed by atoms with Gasteiger partial charge in [0, 0.05) is 22.9 Å². The van der Waals surface area contributed by atoms with E-state index in [2.05, 4.69) is 18.8 Å². The molecule has 0 bridgehead atoms. The molecule has 24 heavy (non-hydrogen) atoms. The summed E-state index contributed by atoms with van der Waals surface area (Å²) in [4.78, 5) is 18.6. The fourth-order valence-electron chi connectivity index (χ4n) is 2.25. The number of carbonyl (C=O) groups is 1. The van der Waals surface area contributed by atoms with Crippen LogP contribution in [0.1, 0.15) is 44.3 Å². The summed E-state index contributed by atoms with van der Waals surface area (Å²) in [5, 5.41) is 3.58. The van der Waals surface area contributed by atoms with Crippen LogP contribution in [0.15, 0.2) is 29.6 Å². The molecule has 0 radical (unpaired) electrons. The molecular weight excluding hydrogens is 344 g/mol. The molecule has 0 saturated heterocycles. The lowest BCUT2D eigenvalue weighted by Crippen LogP contribution is -2.37. The Morgan fingerprint density at radius 2 is 2.04 bits per heavy atom. The van der Waals surface area contributed by atoms with Gasteiger partial charge in [-0.15, -0.1) is 11.3 Å². The van der Waals surface area contributed by atoms with E-state index in [-0.39, 0.29) is 11.9 Å². The van der Waals surface area contributed by atoms with Gasteiger partial charge >= 0.3 is 0 Å². The zero-order chi connectivity index (χ0) is 17.5. The summed E-state index contributed by atoms with van der Waals surface area (Å²) in [6.45, 7) is 7.03. The third-order valence-electron chi connectivity index (χ3n) is 3.85. The quantitative estimate of drug-likeness (QED) is 0.666. The molecule has 0 aliphatic rings. The van der Waals surface area contributed by atoms with Crippen molar-refractivity contribution >= 4 is 28.8 Å². The van der Waals surface area contributed by atoms with Crippen molar-refractivity contribution in [3.63, 3.8) is 0 Å². The van der Waals surface area contributed by atoms with Crippen LogP contribution in [-0.4, -0.2) is 21.8 Å². The van der Waals surface area contributed by atoms with Crippen molar-refractivity contribution in [3.8, 4) is 5.75 Å². The Hall–Kier alpha value is -1.59. The number of benzene rings is 1. The largest absolute Gasteiger partial charge is 0.486 e. The van der Waals surface area contributed by atoms with E-state index in [9.17, 15) is 4.79 Å². The lowest BCUT2D eigenvalue weighted by molar-refractivity contribution is -0.133. The summed E-state index contributed by atoms with van der Waals surface area (Å²) in [6.07, 6.45) is 1.45. The van der Waals surface area contributed by atoms with Gasteiger partial charge in [-0.1, -0.05) is 25.4 Å². The van der Waals surface area contributed by atoms with Gasteiger partial charge in [0.25, 0.3) is 0 Å². The maximum Gasteiger partial charge on any atom is 0.222 e. The number of carbonyl (C=O) groups excluding carboxylic acids is 1. The van der Waals surface area contributed by atoms with E-state index in [0.717, 1.165) is 22.9 Å². The SMILES string of the molecule is CCC(=O)N(Cc1csc(COc2ccc(Cl)cc2)n1)[C@@H](C)CC. The Balaban J connectivity index is 1.96. The van der Waals surface area contributed by atoms with Crippen LogP contribution in [0.4, 0.5) is 0 Å². The van der Waals surface area contributed by atoms with Gasteiger partial charge in [0.15, 0.2) is 0 Å². The minimum atomic E-state index is 0.163. The minimum absolute atomic E-state index is 0.163. The molecule has 0 aliphatic carbocycles. The first-order valence-electron chi connectivity index (χ1n) is 8.14. The van der Waals surface area contributed by atoms with Gasteiger partial charge in [0.05, 0.1) is 12.2 Å². The summed E-state index contributed by atoms with van der Waals surface area (Å²) in [5.41, 5.74) is 0.914. The van der Waals surface area contributed by atoms with E-state index >= 15 is 0 Å². The molecule has 130 valence electrons. The maximum atomic E-state index is 12.1. The highest BCUT2D eigenvalue weighted by molar-refractivity contribution is 7.09. The topological polar surface area (TPSA) is 42.4 Å². The second-order valence-electron chi connectivity index (χ2n) is 5.61. The maximum absolute atomic E-state index is 12.1. The Bertz CT molecular complexity index is 657. The van der Waals surface area contributed by atoms with Crippen LogP contribution in [-0.2, 0) is 17.9 Å². The van der Waals surface area contributed by atoms with Gasteiger partial charge in [-0.2, -0.15) is 0 Å². The van der Waals surface area contributed by atoms with Gasteiger partial charge in [-0.25, -0.2) is 4.98 Å². The first-order chi connectivity index (χ1) is 11.5. The fraction of sp³-hybridized carbons (Fsp3) is 0.444. The predicted molar refractivity (Wildman–Crippen MR) is 98.5 cm³/mol. The van der Waals surface area contributed by atoms with Crippen LogP contribution in [0, 0.1) is 0 Å². The average Bonchev–Trinajstić information content (AvgIpc) is 3.05. The molecule has 1 aromatic carbocycles. The number of amides is 1. The smallest absolute Gasteiger partial charge is 0.222 e. The fourth-order valence-corrected chi connectivity index (χ4v) is 3.07. The molecule has 1 heterocycles. The van der Waals surface area contributed by atoms with Crippen molar-refractivity contribution in [3.05, 3.63) is 45.4 Å². The van der Waals surface area contributed by atoms with Crippen molar-refractivity contribution in [2.24, 2.45) is 0 Å². The molecule has 0 unspecified atom stereocenters. The van der Waals surface area contributed by atoms with Crippen LogP contribution < -0.4 is 4.74 Å². The van der Waals surface area contributed by atoms with Gasteiger partial charge in [0.2, 0.25) is 5.91 Å². The highest BCUT2D eigenvalue weighted by atomic mass is 35.5.